The van der Waals surface area contributed by atoms with Crippen LogP contribution in [0, 0.1) is 6.92 Å². The van der Waals surface area contributed by atoms with Gasteiger partial charge in [0.25, 0.3) is 0 Å². The fraction of sp³-hybridized carbons (Fsp3) is 0.360. The molecule has 0 bridgehead atoms. The van der Waals surface area contributed by atoms with Gasteiger partial charge in [-0.05, 0) is 30.2 Å². The van der Waals surface area contributed by atoms with E-state index in [1.807, 2.05) is 38.5 Å². The molecule has 7 nitrogen and oxygen atoms in total. The van der Waals surface area contributed by atoms with Crippen LogP contribution in [0.25, 0.3) is 0 Å². The molecule has 176 valence electrons. The Morgan fingerprint density at radius 1 is 1.06 bits per heavy atom. The van der Waals surface area contributed by atoms with Gasteiger partial charge in [-0.15, -0.1) is 24.0 Å². The molecule has 4 rings (SSSR count). The van der Waals surface area contributed by atoms with Gasteiger partial charge in [-0.25, -0.2) is 4.98 Å². The van der Waals surface area contributed by atoms with Crippen LogP contribution in [0.4, 0.5) is 5.69 Å². The molecular formula is C25H33IN6O. The number of rotatable bonds is 6. The number of methoxy groups -OCH3 is 1. The van der Waals surface area contributed by atoms with Gasteiger partial charge >= 0.3 is 0 Å². The van der Waals surface area contributed by atoms with Crippen LogP contribution in [0.1, 0.15) is 17.0 Å². The number of imidazole rings is 1. The van der Waals surface area contributed by atoms with Gasteiger partial charge in [-0.3, -0.25) is 4.99 Å². The molecule has 1 fully saturated rings. The summed E-state index contributed by atoms with van der Waals surface area (Å²) in [5, 5.41) is 3.54. The second-order valence-electron chi connectivity index (χ2n) is 8.00. The van der Waals surface area contributed by atoms with Crippen molar-refractivity contribution in [1.29, 1.82) is 0 Å². The number of aromatic nitrogens is 2. The van der Waals surface area contributed by atoms with Crippen molar-refractivity contribution in [1.82, 2.24) is 19.8 Å². The summed E-state index contributed by atoms with van der Waals surface area (Å²) in [6.07, 6.45) is 3.87. The number of hydrogen-bond acceptors (Lipinski definition) is 4. The van der Waals surface area contributed by atoms with E-state index in [1.165, 1.54) is 16.8 Å². The standard InChI is InChI=1S/C25H32N6O.HI/c1-20-27-10-11-31(20)19-22-7-4-6-21(16-22)18-28-25(26-2)30-14-12-29(13-15-30)23-8-5-9-24(17-23)32-3;/h4-11,16-17H,12-15,18-19H2,1-3H3,(H,26,28);1H. The van der Waals surface area contributed by atoms with Gasteiger partial charge in [0.05, 0.1) is 7.11 Å². The number of nitrogens with one attached hydrogen (secondary N) is 1. The molecule has 1 aliphatic heterocycles. The summed E-state index contributed by atoms with van der Waals surface area (Å²) in [6, 6.07) is 17.0. The van der Waals surface area contributed by atoms with Crippen molar-refractivity contribution in [2.75, 3.05) is 45.2 Å². The maximum Gasteiger partial charge on any atom is 0.194 e. The predicted molar refractivity (Wildman–Crippen MR) is 145 cm³/mol. The van der Waals surface area contributed by atoms with Crippen molar-refractivity contribution in [2.45, 2.75) is 20.0 Å². The minimum Gasteiger partial charge on any atom is -0.497 e. The van der Waals surface area contributed by atoms with Crippen molar-refractivity contribution in [2.24, 2.45) is 4.99 Å². The Labute approximate surface area is 213 Å². The van der Waals surface area contributed by atoms with E-state index in [4.69, 9.17) is 4.74 Å². The number of hydrogen-bond donors (Lipinski definition) is 1. The Kier molecular flexibility index (Phi) is 8.99. The average molecular weight is 560 g/mol. The number of aliphatic imine (C=N–C) groups is 1. The number of ether oxygens (including phenoxy) is 1. The molecule has 0 aliphatic carbocycles. The van der Waals surface area contributed by atoms with E-state index in [1.54, 1.807) is 7.11 Å². The lowest BCUT2D eigenvalue weighted by Gasteiger charge is -2.37. The van der Waals surface area contributed by atoms with E-state index >= 15 is 0 Å². The summed E-state index contributed by atoms with van der Waals surface area (Å²) in [6.45, 7) is 7.37. The first kappa shape index (κ1) is 24.9. The van der Waals surface area contributed by atoms with E-state index in [9.17, 15) is 0 Å². The number of nitrogens with zero attached hydrogens (tertiary/aromatic N) is 5. The topological polar surface area (TPSA) is 57.9 Å². The summed E-state index contributed by atoms with van der Waals surface area (Å²) in [4.78, 5) is 13.6. The Bertz CT molecular complexity index is 1060. The number of anilines is 1. The molecule has 1 aliphatic rings. The predicted octanol–water partition coefficient (Wildman–Crippen LogP) is 3.76. The number of halogens is 1. The van der Waals surface area contributed by atoms with E-state index < -0.39 is 0 Å². The second-order valence-corrected chi connectivity index (χ2v) is 8.00. The van der Waals surface area contributed by atoms with Crippen LogP contribution in [0.3, 0.4) is 0 Å². The highest BCUT2D eigenvalue weighted by Gasteiger charge is 2.20. The quantitative estimate of drug-likeness (QED) is 0.283. The first-order valence-corrected chi connectivity index (χ1v) is 11.1. The smallest absolute Gasteiger partial charge is 0.194 e. The Morgan fingerprint density at radius 3 is 2.52 bits per heavy atom. The fourth-order valence-corrected chi connectivity index (χ4v) is 4.10. The highest BCUT2D eigenvalue weighted by Crippen LogP contribution is 2.22. The van der Waals surface area contributed by atoms with Crippen LogP contribution in [-0.4, -0.2) is 60.7 Å². The van der Waals surface area contributed by atoms with Gasteiger partial charge in [0, 0.05) is 70.5 Å². The SMILES string of the molecule is CN=C(NCc1cccc(Cn2ccnc2C)c1)N1CCN(c2cccc(OC)c2)CC1.I. The van der Waals surface area contributed by atoms with Crippen molar-refractivity contribution in [3.8, 4) is 5.75 Å². The van der Waals surface area contributed by atoms with E-state index in [-0.39, 0.29) is 24.0 Å². The third-order valence-corrected chi connectivity index (χ3v) is 5.93. The number of guanidine groups is 1. The first-order chi connectivity index (χ1) is 15.7. The summed E-state index contributed by atoms with van der Waals surface area (Å²) < 4.78 is 7.53. The zero-order valence-corrected chi connectivity index (χ0v) is 21.9. The lowest BCUT2D eigenvalue weighted by atomic mass is 10.1. The van der Waals surface area contributed by atoms with Gasteiger partial charge in [-0.2, -0.15) is 0 Å². The first-order valence-electron chi connectivity index (χ1n) is 11.1. The molecule has 0 radical (unpaired) electrons. The fourth-order valence-electron chi connectivity index (χ4n) is 4.10. The zero-order valence-electron chi connectivity index (χ0n) is 19.6. The lowest BCUT2D eigenvalue weighted by molar-refractivity contribution is 0.372. The Hall–Kier alpha value is -2.75. The molecule has 0 saturated carbocycles. The monoisotopic (exact) mass is 560 g/mol. The minimum absolute atomic E-state index is 0. The average Bonchev–Trinajstić information content (AvgIpc) is 3.24. The van der Waals surface area contributed by atoms with Crippen molar-refractivity contribution in [3.63, 3.8) is 0 Å². The molecule has 1 saturated heterocycles. The summed E-state index contributed by atoms with van der Waals surface area (Å²) in [7, 11) is 3.57. The van der Waals surface area contributed by atoms with Gasteiger partial charge in [0.1, 0.15) is 11.6 Å². The molecule has 3 aromatic rings. The van der Waals surface area contributed by atoms with Crippen LogP contribution < -0.4 is 15.0 Å². The molecular weight excluding hydrogens is 527 g/mol. The molecule has 2 heterocycles. The van der Waals surface area contributed by atoms with E-state index in [0.29, 0.717) is 0 Å². The van der Waals surface area contributed by atoms with Crippen LogP contribution in [0.5, 0.6) is 5.75 Å². The normalized spacial score (nSPS) is 14.1. The third-order valence-electron chi connectivity index (χ3n) is 5.93. The van der Waals surface area contributed by atoms with Gasteiger partial charge in [0.15, 0.2) is 5.96 Å². The zero-order chi connectivity index (χ0) is 22.3. The van der Waals surface area contributed by atoms with Crippen molar-refractivity contribution < 1.29 is 4.74 Å². The van der Waals surface area contributed by atoms with Crippen molar-refractivity contribution in [3.05, 3.63) is 77.9 Å². The molecule has 2 aromatic carbocycles. The molecule has 33 heavy (non-hydrogen) atoms. The van der Waals surface area contributed by atoms with Gasteiger partial charge < -0.3 is 24.4 Å². The maximum absolute atomic E-state index is 5.37. The molecule has 0 unspecified atom stereocenters. The Balaban J connectivity index is 0.00000306. The molecule has 1 N–H and O–H groups in total. The number of piperazine rings is 1. The summed E-state index contributed by atoms with van der Waals surface area (Å²) in [5.41, 5.74) is 3.72. The van der Waals surface area contributed by atoms with E-state index in [2.05, 4.69) is 66.1 Å². The largest absolute Gasteiger partial charge is 0.497 e. The van der Waals surface area contributed by atoms with Gasteiger partial charge in [0.2, 0.25) is 0 Å². The maximum atomic E-state index is 5.37. The molecule has 0 amide bonds. The number of aryl methyl sites for hydroxylation is 1. The Morgan fingerprint density at radius 2 is 1.82 bits per heavy atom. The van der Waals surface area contributed by atoms with Crippen LogP contribution >= 0.6 is 24.0 Å². The highest BCUT2D eigenvalue weighted by atomic mass is 127. The van der Waals surface area contributed by atoms with Crippen molar-refractivity contribution >= 4 is 35.6 Å². The molecule has 1 aromatic heterocycles. The lowest BCUT2D eigenvalue weighted by Crippen LogP contribution is -2.52. The highest BCUT2D eigenvalue weighted by molar-refractivity contribution is 14.0. The number of benzene rings is 2. The summed E-state index contributed by atoms with van der Waals surface area (Å²) >= 11 is 0. The second kappa shape index (κ2) is 11.9. The van der Waals surface area contributed by atoms with E-state index in [0.717, 1.165) is 56.8 Å². The van der Waals surface area contributed by atoms with Crippen LogP contribution in [0.15, 0.2) is 65.9 Å². The minimum atomic E-state index is 0. The summed E-state index contributed by atoms with van der Waals surface area (Å²) in [5.74, 6) is 2.88. The third kappa shape index (κ3) is 6.40. The molecule has 8 heteroatoms. The van der Waals surface area contributed by atoms with Gasteiger partial charge in [-0.1, -0.05) is 30.3 Å². The molecule has 0 atom stereocenters. The van der Waals surface area contributed by atoms with Crippen LogP contribution in [0.2, 0.25) is 0 Å². The molecule has 0 spiro atoms. The van der Waals surface area contributed by atoms with Crippen LogP contribution in [-0.2, 0) is 13.1 Å².